The highest BCUT2D eigenvalue weighted by Gasteiger charge is 2.16. The molecule has 0 atom stereocenters. The zero-order valence-corrected chi connectivity index (χ0v) is 12.7. The third-order valence-corrected chi connectivity index (χ3v) is 4.05. The number of nitrogens with zero attached hydrogens (tertiary/aromatic N) is 2. The maximum Gasteiger partial charge on any atom is 0.396 e. The van der Waals surface area contributed by atoms with E-state index in [1.807, 2.05) is 11.8 Å². The van der Waals surface area contributed by atoms with Gasteiger partial charge in [-0.05, 0) is 6.92 Å². The van der Waals surface area contributed by atoms with E-state index >= 15 is 0 Å². The fraction of sp³-hybridized carbons (Fsp3) is 0.727. The van der Waals surface area contributed by atoms with Crippen LogP contribution < -0.4 is 0 Å². The first-order valence-electron chi connectivity index (χ1n) is 5.70. The Kier molecular flexibility index (Phi) is 6.01. The smallest absolute Gasteiger partial charge is 0.396 e. The Hall–Kier alpha value is -0.690. The summed E-state index contributed by atoms with van der Waals surface area (Å²) in [6.45, 7) is 8.55. The number of thioether (sulfide) groups is 2. The Labute approximate surface area is 115 Å². The van der Waals surface area contributed by atoms with Crippen molar-refractivity contribution in [2.75, 3.05) is 18.1 Å². The quantitative estimate of drug-likeness (QED) is 0.453. The molecule has 1 rings (SSSR count). The lowest BCUT2D eigenvalue weighted by atomic mass is 10.3. The van der Waals surface area contributed by atoms with Gasteiger partial charge >= 0.3 is 11.9 Å². The van der Waals surface area contributed by atoms with Crippen LogP contribution in [0.25, 0.3) is 0 Å². The van der Waals surface area contributed by atoms with E-state index in [0.29, 0.717) is 11.8 Å². The molecule has 0 amide bonds. The fourth-order valence-electron chi connectivity index (χ4n) is 1.02. The van der Waals surface area contributed by atoms with Gasteiger partial charge in [0.2, 0.25) is 0 Å². The highest BCUT2D eigenvalue weighted by Crippen LogP contribution is 2.25. The molecule has 0 unspecified atom stereocenters. The van der Waals surface area contributed by atoms with E-state index in [1.165, 1.54) is 11.8 Å². The summed E-state index contributed by atoms with van der Waals surface area (Å²) in [5.41, 5.74) is 0. The predicted octanol–water partition coefficient (Wildman–Crippen LogP) is 2.87. The maximum absolute atomic E-state index is 11.3. The number of carbonyl (C=O) groups excluding carboxylic acids is 1. The van der Waals surface area contributed by atoms with Crippen LogP contribution in [-0.4, -0.2) is 39.0 Å². The number of rotatable bonds is 6. The van der Waals surface area contributed by atoms with Crippen molar-refractivity contribution in [3.63, 3.8) is 0 Å². The van der Waals surface area contributed by atoms with Crippen molar-refractivity contribution in [3.8, 4) is 0 Å². The van der Waals surface area contributed by atoms with Gasteiger partial charge in [0.1, 0.15) is 0 Å². The first-order chi connectivity index (χ1) is 8.42. The van der Waals surface area contributed by atoms with E-state index in [0.717, 1.165) is 11.5 Å². The molecular formula is C11H18N2O3S2. The molecule has 5 nitrogen and oxygen atoms in total. The Morgan fingerprint density at radius 1 is 1.33 bits per heavy atom. The Balaban J connectivity index is 2.33. The Bertz CT molecular complexity index is 388. The average Bonchev–Trinajstić information content (AvgIpc) is 2.72. The molecule has 0 aromatic carbocycles. The van der Waals surface area contributed by atoms with Crippen molar-refractivity contribution < 1.29 is 13.9 Å². The molecule has 0 saturated heterocycles. The fourth-order valence-corrected chi connectivity index (χ4v) is 2.71. The summed E-state index contributed by atoms with van der Waals surface area (Å²) >= 11 is 3.32. The summed E-state index contributed by atoms with van der Waals surface area (Å²) in [7, 11) is 0. The summed E-state index contributed by atoms with van der Waals surface area (Å²) in [4.78, 5) is 11.3. The van der Waals surface area contributed by atoms with E-state index in [4.69, 9.17) is 9.15 Å². The maximum atomic E-state index is 11.3. The van der Waals surface area contributed by atoms with E-state index in [2.05, 4.69) is 31.0 Å². The second kappa shape index (κ2) is 7.04. The van der Waals surface area contributed by atoms with Crippen molar-refractivity contribution >= 4 is 29.5 Å². The van der Waals surface area contributed by atoms with Crippen LogP contribution in [0.5, 0.6) is 0 Å². The van der Waals surface area contributed by atoms with Gasteiger partial charge < -0.3 is 9.15 Å². The summed E-state index contributed by atoms with van der Waals surface area (Å²) in [6.07, 6.45) is 0. The number of carbonyl (C=O) groups is 1. The molecule has 0 aliphatic heterocycles. The zero-order valence-electron chi connectivity index (χ0n) is 11.1. The zero-order chi connectivity index (χ0) is 13.6. The standard InChI is InChI=1S/C11H18N2O3S2/c1-5-15-9(14)8-12-13-10(16-8)17-6-7-18-11(2,3)4/h5-7H2,1-4H3. The van der Waals surface area contributed by atoms with E-state index in [9.17, 15) is 4.79 Å². The topological polar surface area (TPSA) is 65.2 Å². The molecule has 1 aromatic heterocycles. The number of aromatic nitrogens is 2. The van der Waals surface area contributed by atoms with Crippen molar-refractivity contribution in [1.29, 1.82) is 0 Å². The lowest BCUT2D eigenvalue weighted by Crippen LogP contribution is -2.08. The minimum absolute atomic E-state index is 0.0807. The minimum Gasteiger partial charge on any atom is -0.459 e. The van der Waals surface area contributed by atoms with Crippen LogP contribution in [0.1, 0.15) is 38.4 Å². The second-order valence-corrected chi connectivity index (χ2v) is 7.37. The summed E-state index contributed by atoms with van der Waals surface area (Å²) in [6, 6.07) is 0. The number of hydrogen-bond acceptors (Lipinski definition) is 7. The van der Waals surface area contributed by atoms with E-state index < -0.39 is 5.97 Å². The average molecular weight is 290 g/mol. The third kappa shape index (κ3) is 5.77. The van der Waals surface area contributed by atoms with Crippen molar-refractivity contribution in [2.45, 2.75) is 37.7 Å². The van der Waals surface area contributed by atoms with Gasteiger partial charge in [0.15, 0.2) is 0 Å². The first-order valence-corrected chi connectivity index (χ1v) is 7.67. The molecule has 0 N–H and O–H groups in total. The summed E-state index contributed by atoms with van der Waals surface area (Å²) in [5.74, 6) is 1.21. The number of ether oxygens (including phenoxy) is 1. The molecule has 0 aliphatic carbocycles. The monoisotopic (exact) mass is 290 g/mol. The van der Waals surface area contributed by atoms with Crippen LogP contribution in [0.3, 0.4) is 0 Å². The molecule has 0 bridgehead atoms. The van der Waals surface area contributed by atoms with Crippen molar-refractivity contribution in [2.24, 2.45) is 0 Å². The molecule has 7 heteroatoms. The number of esters is 1. The van der Waals surface area contributed by atoms with Crippen LogP contribution in [0, 0.1) is 0 Å². The lowest BCUT2D eigenvalue weighted by Gasteiger charge is -2.16. The molecule has 1 heterocycles. The van der Waals surface area contributed by atoms with Gasteiger partial charge in [-0.2, -0.15) is 11.8 Å². The molecule has 0 radical (unpaired) electrons. The van der Waals surface area contributed by atoms with Crippen LogP contribution in [0.2, 0.25) is 0 Å². The van der Waals surface area contributed by atoms with Crippen molar-refractivity contribution in [3.05, 3.63) is 5.89 Å². The first kappa shape index (κ1) is 15.4. The third-order valence-electron chi connectivity index (χ3n) is 1.70. The molecule has 18 heavy (non-hydrogen) atoms. The van der Waals surface area contributed by atoms with Gasteiger partial charge in [-0.15, -0.1) is 5.10 Å². The molecule has 1 aromatic rings. The minimum atomic E-state index is -0.569. The highest BCUT2D eigenvalue weighted by atomic mass is 32.2. The van der Waals surface area contributed by atoms with Crippen LogP contribution in [-0.2, 0) is 4.74 Å². The molecular weight excluding hydrogens is 272 g/mol. The summed E-state index contributed by atoms with van der Waals surface area (Å²) < 4.78 is 10.2. The highest BCUT2D eigenvalue weighted by molar-refractivity contribution is 8.03. The van der Waals surface area contributed by atoms with E-state index in [-0.39, 0.29) is 10.6 Å². The lowest BCUT2D eigenvalue weighted by molar-refractivity contribution is 0.0475. The molecule has 0 fully saturated rings. The van der Waals surface area contributed by atoms with Gasteiger partial charge in [-0.3, -0.25) is 0 Å². The molecule has 0 aliphatic rings. The molecule has 102 valence electrons. The normalized spacial score (nSPS) is 11.6. The van der Waals surface area contributed by atoms with Crippen LogP contribution in [0.4, 0.5) is 0 Å². The van der Waals surface area contributed by atoms with Gasteiger partial charge in [0.05, 0.1) is 6.61 Å². The molecule has 0 spiro atoms. The van der Waals surface area contributed by atoms with Gasteiger partial charge in [-0.1, -0.05) is 37.6 Å². The largest absolute Gasteiger partial charge is 0.459 e. The van der Waals surface area contributed by atoms with Gasteiger partial charge in [0, 0.05) is 16.3 Å². The second-order valence-electron chi connectivity index (χ2n) is 4.40. The SMILES string of the molecule is CCOC(=O)c1nnc(SCCSC(C)(C)C)o1. The van der Waals surface area contributed by atoms with Gasteiger partial charge in [-0.25, -0.2) is 4.79 Å². The van der Waals surface area contributed by atoms with Crippen LogP contribution in [0.15, 0.2) is 9.64 Å². The Morgan fingerprint density at radius 2 is 2.06 bits per heavy atom. The van der Waals surface area contributed by atoms with E-state index in [1.54, 1.807) is 6.92 Å². The predicted molar refractivity (Wildman–Crippen MR) is 73.2 cm³/mol. The Morgan fingerprint density at radius 3 is 2.67 bits per heavy atom. The molecule has 0 saturated carbocycles. The summed E-state index contributed by atoms with van der Waals surface area (Å²) in [5, 5.41) is 7.84. The van der Waals surface area contributed by atoms with Crippen molar-refractivity contribution in [1.82, 2.24) is 10.2 Å². The van der Waals surface area contributed by atoms with Gasteiger partial charge in [0.25, 0.3) is 5.22 Å². The van der Waals surface area contributed by atoms with Crippen LogP contribution >= 0.6 is 23.5 Å². The number of hydrogen-bond donors (Lipinski definition) is 0.